The molecule has 0 aromatic heterocycles. The summed E-state index contributed by atoms with van der Waals surface area (Å²) < 4.78 is 0. The lowest BCUT2D eigenvalue weighted by Gasteiger charge is -2.34. The Labute approximate surface area is 95.8 Å². The molecule has 0 aromatic rings. The van der Waals surface area contributed by atoms with Gasteiger partial charge in [-0.05, 0) is 36.9 Å². The Balaban J connectivity index is 2.75. The number of rotatable bonds is 4. The molecule has 0 radical (unpaired) electrons. The first-order valence-electron chi connectivity index (χ1n) is 5.61. The molecule has 0 bridgehead atoms. The van der Waals surface area contributed by atoms with Crippen LogP contribution in [-0.2, 0) is 4.79 Å². The van der Waals surface area contributed by atoms with Gasteiger partial charge in [-0.2, -0.15) is 0 Å². The van der Waals surface area contributed by atoms with E-state index in [0.29, 0.717) is 19.3 Å². The number of hydrogen-bond donors (Lipinski definition) is 4. The number of aliphatic carboxylic acids is 1. The van der Waals surface area contributed by atoms with Gasteiger partial charge in [0.1, 0.15) is 5.54 Å². The number of carboxylic acid groups (broad SMARTS) is 1. The van der Waals surface area contributed by atoms with Crippen molar-refractivity contribution in [2.24, 2.45) is 17.1 Å². The van der Waals surface area contributed by atoms with Crippen LogP contribution in [0.1, 0.15) is 33.1 Å². The summed E-state index contributed by atoms with van der Waals surface area (Å²) in [7, 11) is -1.33. The predicted molar refractivity (Wildman–Crippen MR) is 60.7 cm³/mol. The Morgan fingerprint density at radius 1 is 1.50 bits per heavy atom. The summed E-state index contributed by atoms with van der Waals surface area (Å²) in [4.78, 5) is 11.1. The number of nitrogens with two attached hydrogens (primary N) is 1. The highest BCUT2D eigenvalue weighted by molar-refractivity contribution is 6.40. The zero-order valence-corrected chi connectivity index (χ0v) is 9.81. The zero-order chi connectivity index (χ0) is 12.6. The lowest BCUT2D eigenvalue weighted by atomic mass is 9.68. The Bertz CT molecular complexity index is 286. The highest BCUT2D eigenvalue weighted by Gasteiger charge is 2.54. The number of carboxylic acids is 1. The zero-order valence-electron chi connectivity index (χ0n) is 9.81. The topological polar surface area (TPSA) is 104 Å². The minimum absolute atomic E-state index is 0.170. The first-order valence-corrected chi connectivity index (χ1v) is 5.61. The van der Waals surface area contributed by atoms with E-state index in [1.165, 1.54) is 0 Å². The average Bonchev–Trinajstić information content (AvgIpc) is 2.42. The van der Waals surface area contributed by atoms with Crippen LogP contribution >= 0.6 is 0 Å². The van der Waals surface area contributed by atoms with Crippen LogP contribution < -0.4 is 5.73 Å². The molecule has 6 heteroatoms. The maximum atomic E-state index is 11.1. The molecule has 16 heavy (non-hydrogen) atoms. The second-order valence-corrected chi connectivity index (χ2v) is 5.24. The fourth-order valence-corrected chi connectivity index (χ4v) is 2.64. The lowest BCUT2D eigenvalue weighted by Crippen LogP contribution is -2.52. The summed E-state index contributed by atoms with van der Waals surface area (Å²) in [5, 5.41) is 26.9. The summed E-state index contributed by atoms with van der Waals surface area (Å²) in [6, 6.07) is 0. The van der Waals surface area contributed by atoms with Gasteiger partial charge in [0.25, 0.3) is 0 Å². The van der Waals surface area contributed by atoms with Crippen molar-refractivity contribution in [3.63, 3.8) is 0 Å². The maximum Gasteiger partial charge on any atom is 0.451 e. The van der Waals surface area contributed by atoms with Crippen LogP contribution in [0.15, 0.2) is 0 Å². The van der Waals surface area contributed by atoms with E-state index in [4.69, 9.17) is 20.9 Å². The van der Waals surface area contributed by atoms with Gasteiger partial charge in [-0.1, -0.05) is 13.8 Å². The van der Waals surface area contributed by atoms with E-state index in [-0.39, 0.29) is 17.7 Å². The van der Waals surface area contributed by atoms with Crippen molar-refractivity contribution in [1.29, 1.82) is 0 Å². The molecule has 92 valence electrons. The van der Waals surface area contributed by atoms with Gasteiger partial charge >= 0.3 is 13.1 Å². The smallest absolute Gasteiger partial charge is 0.451 e. The largest absolute Gasteiger partial charge is 0.480 e. The molecule has 0 aromatic carbocycles. The van der Waals surface area contributed by atoms with Crippen LogP contribution in [0.4, 0.5) is 0 Å². The molecule has 2 unspecified atom stereocenters. The average molecular weight is 229 g/mol. The van der Waals surface area contributed by atoms with Crippen LogP contribution in [0.2, 0.25) is 6.32 Å². The third kappa shape index (κ3) is 2.24. The van der Waals surface area contributed by atoms with Gasteiger partial charge in [0.2, 0.25) is 0 Å². The maximum absolute atomic E-state index is 11.1. The summed E-state index contributed by atoms with van der Waals surface area (Å²) in [5.74, 6) is -1.13. The molecule has 0 heterocycles. The molecular formula is C10H20BNO4. The number of hydrogen-bond acceptors (Lipinski definition) is 4. The van der Waals surface area contributed by atoms with Crippen LogP contribution in [0.25, 0.3) is 0 Å². The molecule has 0 saturated heterocycles. The van der Waals surface area contributed by atoms with Gasteiger partial charge in [0, 0.05) is 0 Å². The Kier molecular flexibility index (Phi) is 3.67. The second-order valence-electron chi connectivity index (χ2n) is 5.24. The fourth-order valence-electron chi connectivity index (χ4n) is 2.64. The third-order valence-electron chi connectivity index (χ3n) is 4.30. The van der Waals surface area contributed by atoms with Crippen LogP contribution in [0.5, 0.6) is 0 Å². The molecule has 1 saturated carbocycles. The molecule has 0 spiro atoms. The van der Waals surface area contributed by atoms with Crippen LogP contribution in [0.3, 0.4) is 0 Å². The van der Waals surface area contributed by atoms with Crippen molar-refractivity contribution in [3.8, 4) is 0 Å². The second kappa shape index (κ2) is 4.35. The lowest BCUT2D eigenvalue weighted by molar-refractivity contribution is -0.145. The van der Waals surface area contributed by atoms with Crippen molar-refractivity contribution in [2.45, 2.75) is 45.0 Å². The first kappa shape index (κ1) is 13.5. The van der Waals surface area contributed by atoms with Gasteiger partial charge in [0.15, 0.2) is 0 Å². The fraction of sp³-hybridized carbons (Fsp3) is 0.900. The van der Waals surface area contributed by atoms with Crippen molar-refractivity contribution >= 4 is 13.1 Å². The monoisotopic (exact) mass is 229 g/mol. The van der Waals surface area contributed by atoms with Gasteiger partial charge in [-0.25, -0.2) is 0 Å². The molecule has 5 N–H and O–H groups in total. The van der Waals surface area contributed by atoms with Gasteiger partial charge in [0.05, 0.1) is 0 Å². The molecule has 5 nitrogen and oxygen atoms in total. The number of carbonyl (C=O) groups is 1. The van der Waals surface area contributed by atoms with Crippen molar-refractivity contribution in [1.82, 2.24) is 0 Å². The molecule has 1 aliphatic carbocycles. The van der Waals surface area contributed by atoms with E-state index >= 15 is 0 Å². The standard InChI is InChI=1S/C10H20BNO4/c1-7-9(2,5-6-11(15)16)3-4-10(7,12)8(13)14/h7,15-16H,3-6,12H2,1-2H3,(H,13,14)/t7-,9?,10?/m0/s1. The van der Waals surface area contributed by atoms with Crippen molar-refractivity contribution in [3.05, 3.63) is 0 Å². The molecule has 1 rings (SSSR count). The summed E-state index contributed by atoms with van der Waals surface area (Å²) in [5.41, 5.74) is 4.51. The molecule has 0 amide bonds. The highest BCUT2D eigenvalue weighted by atomic mass is 16.4. The van der Waals surface area contributed by atoms with E-state index in [1.807, 2.05) is 13.8 Å². The highest BCUT2D eigenvalue weighted by Crippen LogP contribution is 2.50. The Morgan fingerprint density at radius 3 is 2.44 bits per heavy atom. The summed E-state index contributed by atoms with van der Waals surface area (Å²) in [6.07, 6.45) is 2.00. The van der Waals surface area contributed by atoms with Crippen LogP contribution in [-0.4, -0.2) is 33.8 Å². The molecule has 1 fully saturated rings. The minimum atomic E-state index is -1.33. The predicted octanol–water partition coefficient (Wildman–Crippen LogP) is 0.0676. The molecule has 0 aliphatic heterocycles. The van der Waals surface area contributed by atoms with Gasteiger partial charge < -0.3 is 20.9 Å². The van der Waals surface area contributed by atoms with E-state index in [9.17, 15) is 4.79 Å². The van der Waals surface area contributed by atoms with E-state index in [1.54, 1.807) is 0 Å². The van der Waals surface area contributed by atoms with Gasteiger partial charge in [-0.3, -0.25) is 4.79 Å². The van der Waals surface area contributed by atoms with Gasteiger partial charge in [-0.15, -0.1) is 0 Å². The Morgan fingerprint density at radius 2 is 2.06 bits per heavy atom. The summed E-state index contributed by atoms with van der Waals surface area (Å²) in [6.45, 7) is 3.81. The van der Waals surface area contributed by atoms with Crippen LogP contribution in [0, 0.1) is 11.3 Å². The molecular weight excluding hydrogens is 209 g/mol. The Hall–Kier alpha value is -0.585. The third-order valence-corrected chi connectivity index (χ3v) is 4.30. The van der Waals surface area contributed by atoms with E-state index < -0.39 is 18.6 Å². The van der Waals surface area contributed by atoms with Crippen molar-refractivity contribution < 1.29 is 19.9 Å². The normalized spacial score (nSPS) is 38.7. The van der Waals surface area contributed by atoms with E-state index in [0.717, 1.165) is 0 Å². The van der Waals surface area contributed by atoms with Crippen molar-refractivity contribution in [2.75, 3.05) is 0 Å². The van der Waals surface area contributed by atoms with E-state index in [2.05, 4.69) is 0 Å². The SMILES string of the molecule is C[C@H]1C(C)(CCB(O)O)CCC1(N)C(=O)O. The quantitative estimate of drug-likeness (QED) is 0.510. The first-order chi connectivity index (χ1) is 7.22. The summed E-state index contributed by atoms with van der Waals surface area (Å²) >= 11 is 0. The minimum Gasteiger partial charge on any atom is -0.480 e. The molecule has 1 aliphatic rings. The molecule has 3 atom stereocenters.